The Bertz CT molecular complexity index is 563. The number of rotatable bonds is 4. The molecule has 0 atom stereocenters. The minimum Gasteiger partial charge on any atom is -0.459 e. The third-order valence-corrected chi connectivity index (χ3v) is 4.57. The van der Waals surface area contributed by atoms with Gasteiger partial charge in [-0.25, -0.2) is 9.78 Å². The van der Waals surface area contributed by atoms with Gasteiger partial charge in [-0.1, -0.05) is 19.3 Å². The molecule has 1 aliphatic rings. The molecule has 0 saturated heterocycles. The molecule has 0 spiro atoms. The first-order valence-corrected chi connectivity index (χ1v) is 8.20. The van der Waals surface area contributed by atoms with Crippen molar-refractivity contribution in [1.82, 2.24) is 4.98 Å². The molecule has 1 aliphatic carbocycles. The van der Waals surface area contributed by atoms with Gasteiger partial charge in [0.05, 0.1) is 11.1 Å². The highest BCUT2D eigenvalue weighted by Gasteiger charge is 2.19. The van der Waals surface area contributed by atoms with Crippen LogP contribution in [0.25, 0.3) is 6.08 Å². The van der Waals surface area contributed by atoms with E-state index in [1.54, 1.807) is 37.5 Å². The van der Waals surface area contributed by atoms with Gasteiger partial charge >= 0.3 is 5.97 Å². The van der Waals surface area contributed by atoms with E-state index >= 15 is 0 Å². The molecular weight excluding hydrogens is 284 g/mol. The Morgan fingerprint density at radius 2 is 2.19 bits per heavy atom. The maximum Gasteiger partial charge on any atom is 0.349 e. The van der Waals surface area contributed by atoms with Crippen LogP contribution < -0.4 is 0 Å². The van der Waals surface area contributed by atoms with Gasteiger partial charge in [0.1, 0.15) is 11.6 Å². The van der Waals surface area contributed by atoms with E-state index in [2.05, 4.69) is 4.98 Å². The van der Waals surface area contributed by atoms with Crippen molar-refractivity contribution in [3.63, 3.8) is 0 Å². The fraction of sp³-hybridized carbons (Fsp3) is 0.562. The standard InChI is InChI=1S/C16H20N2O2S/c1-11(2)20-16(19)13(9-17)8-14-10-18-15(21-14)12-6-4-3-5-7-12/h8,10-12H,3-7H2,1-2H3/b13-8-. The first-order valence-electron chi connectivity index (χ1n) is 7.38. The molecule has 0 unspecified atom stereocenters. The van der Waals surface area contributed by atoms with Gasteiger partial charge in [0.25, 0.3) is 0 Å². The summed E-state index contributed by atoms with van der Waals surface area (Å²) in [6, 6.07) is 1.91. The normalized spacial score (nSPS) is 16.8. The molecule has 0 bridgehead atoms. The first kappa shape index (κ1) is 15.7. The smallest absolute Gasteiger partial charge is 0.349 e. The zero-order valence-corrected chi connectivity index (χ0v) is 13.3. The molecule has 0 aromatic carbocycles. The summed E-state index contributed by atoms with van der Waals surface area (Å²) in [6.45, 7) is 3.53. The van der Waals surface area contributed by atoms with Crippen LogP contribution >= 0.6 is 11.3 Å². The van der Waals surface area contributed by atoms with E-state index in [9.17, 15) is 4.79 Å². The lowest BCUT2D eigenvalue weighted by molar-refractivity contribution is -0.142. The molecule has 0 N–H and O–H groups in total. The average Bonchev–Trinajstić information content (AvgIpc) is 2.93. The molecule has 5 heteroatoms. The van der Waals surface area contributed by atoms with Crippen LogP contribution in [0.15, 0.2) is 11.8 Å². The van der Waals surface area contributed by atoms with Gasteiger partial charge in [0, 0.05) is 17.0 Å². The molecule has 4 nitrogen and oxygen atoms in total. The lowest BCUT2D eigenvalue weighted by Gasteiger charge is -2.18. The van der Waals surface area contributed by atoms with E-state index in [4.69, 9.17) is 10.00 Å². The predicted octanol–water partition coefficient (Wildman–Crippen LogP) is 4.05. The highest BCUT2D eigenvalue weighted by Crippen LogP contribution is 2.35. The number of esters is 1. The Balaban J connectivity index is 2.10. The summed E-state index contributed by atoms with van der Waals surface area (Å²) in [5, 5.41) is 10.2. The Morgan fingerprint density at radius 3 is 2.81 bits per heavy atom. The van der Waals surface area contributed by atoms with E-state index in [1.807, 2.05) is 6.07 Å². The van der Waals surface area contributed by atoms with Crippen molar-refractivity contribution in [3.05, 3.63) is 21.7 Å². The molecule has 1 fully saturated rings. The summed E-state index contributed by atoms with van der Waals surface area (Å²) in [6.07, 6.45) is 9.32. The lowest BCUT2D eigenvalue weighted by Crippen LogP contribution is -2.12. The number of ether oxygens (including phenoxy) is 1. The van der Waals surface area contributed by atoms with Crippen LogP contribution in [0.4, 0.5) is 0 Å². The van der Waals surface area contributed by atoms with Gasteiger partial charge in [0.2, 0.25) is 0 Å². The quantitative estimate of drug-likeness (QED) is 0.478. The van der Waals surface area contributed by atoms with Crippen LogP contribution in [0.2, 0.25) is 0 Å². The van der Waals surface area contributed by atoms with Crippen molar-refractivity contribution in [2.24, 2.45) is 0 Å². The summed E-state index contributed by atoms with van der Waals surface area (Å²) >= 11 is 1.57. The van der Waals surface area contributed by atoms with Crippen LogP contribution in [0, 0.1) is 11.3 Å². The number of hydrogen-bond acceptors (Lipinski definition) is 5. The van der Waals surface area contributed by atoms with Crippen LogP contribution in [0.5, 0.6) is 0 Å². The van der Waals surface area contributed by atoms with Gasteiger partial charge in [-0.3, -0.25) is 0 Å². The van der Waals surface area contributed by atoms with Gasteiger partial charge in [-0.2, -0.15) is 5.26 Å². The van der Waals surface area contributed by atoms with E-state index < -0.39 is 5.97 Å². The zero-order chi connectivity index (χ0) is 15.2. The molecule has 0 radical (unpaired) electrons. The second kappa shape index (κ2) is 7.37. The second-order valence-electron chi connectivity index (χ2n) is 5.56. The largest absolute Gasteiger partial charge is 0.459 e. The molecule has 0 aliphatic heterocycles. The third-order valence-electron chi connectivity index (χ3n) is 3.47. The van der Waals surface area contributed by atoms with Crippen molar-refractivity contribution in [1.29, 1.82) is 5.26 Å². The number of aromatic nitrogens is 1. The Labute approximate surface area is 129 Å². The van der Waals surface area contributed by atoms with Gasteiger partial charge in [-0.15, -0.1) is 11.3 Å². The maximum atomic E-state index is 11.8. The monoisotopic (exact) mass is 304 g/mol. The number of nitriles is 1. The summed E-state index contributed by atoms with van der Waals surface area (Å²) in [7, 11) is 0. The van der Waals surface area contributed by atoms with Crippen molar-refractivity contribution < 1.29 is 9.53 Å². The Kier molecular flexibility index (Phi) is 5.51. The molecular formula is C16H20N2O2S. The fourth-order valence-electron chi connectivity index (χ4n) is 2.46. The molecule has 2 rings (SSSR count). The molecule has 1 aromatic rings. The van der Waals surface area contributed by atoms with E-state index in [1.165, 1.54) is 32.1 Å². The van der Waals surface area contributed by atoms with Crippen molar-refractivity contribution in [2.75, 3.05) is 0 Å². The van der Waals surface area contributed by atoms with Crippen molar-refractivity contribution in [3.8, 4) is 6.07 Å². The van der Waals surface area contributed by atoms with Crippen LogP contribution in [0.1, 0.15) is 61.8 Å². The topological polar surface area (TPSA) is 63.0 Å². The average molecular weight is 304 g/mol. The zero-order valence-electron chi connectivity index (χ0n) is 12.5. The third kappa shape index (κ3) is 4.40. The first-order chi connectivity index (χ1) is 10.1. The second-order valence-corrected chi connectivity index (χ2v) is 6.65. The van der Waals surface area contributed by atoms with E-state index in [-0.39, 0.29) is 11.7 Å². The fourth-order valence-corrected chi connectivity index (χ4v) is 3.49. The van der Waals surface area contributed by atoms with E-state index in [0.717, 1.165) is 9.88 Å². The summed E-state index contributed by atoms with van der Waals surface area (Å²) < 4.78 is 5.05. The molecule has 0 amide bonds. The van der Waals surface area contributed by atoms with Crippen LogP contribution in [-0.2, 0) is 9.53 Å². The molecule has 112 valence electrons. The van der Waals surface area contributed by atoms with E-state index in [0.29, 0.717) is 5.92 Å². The van der Waals surface area contributed by atoms with Gasteiger partial charge in [0.15, 0.2) is 0 Å². The number of hydrogen-bond donors (Lipinski definition) is 0. The predicted molar refractivity (Wildman–Crippen MR) is 82.8 cm³/mol. The van der Waals surface area contributed by atoms with Crippen molar-refractivity contribution >= 4 is 23.4 Å². The number of thiazole rings is 1. The molecule has 1 saturated carbocycles. The van der Waals surface area contributed by atoms with Crippen LogP contribution in [0.3, 0.4) is 0 Å². The Morgan fingerprint density at radius 1 is 1.48 bits per heavy atom. The molecule has 1 aromatic heterocycles. The maximum absolute atomic E-state index is 11.8. The molecule has 21 heavy (non-hydrogen) atoms. The highest BCUT2D eigenvalue weighted by molar-refractivity contribution is 7.12. The van der Waals surface area contributed by atoms with Gasteiger partial charge in [-0.05, 0) is 32.8 Å². The van der Waals surface area contributed by atoms with Gasteiger partial charge < -0.3 is 4.74 Å². The minimum atomic E-state index is -0.569. The Hall–Kier alpha value is -1.67. The lowest BCUT2D eigenvalue weighted by atomic mass is 9.90. The van der Waals surface area contributed by atoms with Crippen molar-refractivity contribution in [2.45, 2.75) is 58.0 Å². The summed E-state index contributed by atoms with van der Waals surface area (Å²) in [4.78, 5) is 17.1. The molecule has 1 heterocycles. The summed E-state index contributed by atoms with van der Waals surface area (Å²) in [5.74, 6) is -0.0285. The minimum absolute atomic E-state index is 0.0301. The number of carbonyl (C=O) groups is 1. The number of carbonyl (C=O) groups excluding carboxylic acids is 1. The number of nitrogens with zero attached hydrogens (tertiary/aromatic N) is 2. The SMILES string of the molecule is CC(C)OC(=O)/C(C#N)=C\c1cnc(C2CCCCC2)s1. The van der Waals surface area contributed by atoms with Crippen LogP contribution in [-0.4, -0.2) is 17.1 Å². The highest BCUT2D eigenvalue weighted by atomic mass is 32.1. The summed E-state index contributed by atoms with van der Waals surface area (Å²) in [5.41, 5.74) is 0.0301.